The molecule has 0 unspecified atom stereocenters. The van der Waals surface area contributed by atoms with Gasteiger partial charge in [0, 0.05) is 5.02 Å². The molecular formula is C10H5Cl2F5O2. The summed E-state index contributed by atoms with van der Waals surface area (Å²) >= 11 is 11.1. The highest BCUT2D eigenvalue weighted by Gasteiger charge is 2.58. The molecule has 1 aromatic carbocycles. The number of rotatable bonds is 3. The van der Waals surface area contributed by atoms with Crippen LogP contribution in [0.2, 0.25) is 10.0 Å². The van der Waals surface area contributed by atoms with Crippen LogP contribution in [0, 0.1) is 0 Å². The molecule has 106 valence electrons. The van der Waals surface area contributed by atoms with Crippen molar-refractivity contribution in [2.45, 2.75) is 12.1 Å². The van der Waals surface area contributed by atoms with E-state index in [1.165, 1.54) is 12.1 Å². The lowest BCUT2D eigenvalue weighted by Gasteiger charge is -2.19. The van der Waals surface area contributed by atoms with Gasteiger partial charge in [-0.2, -0.15) is 22.0 Å². The van der Waals surface area contributed by atoms with Gasteiger partial charge in [0.25, 0.3) is 0 Å². The second kappa shape index (κ2) is 5.50. The molecule has 0 N–H and O–H groups in total. The summed E-state index contributed by atoms with van der Waals surface area (Å²) in [5.41, 5.74) is -0.396. The quantitative estimate of drug-likeness (QED) is 0.611. The topological polar surface area (TPSA) is 26.3 Å². The summed E-state index contributed by atoms with van der Waals surface area (Å²) < 4.78 is 64.5. The van der Waals surface area contributed by atoms with Gasteiger partial charge < -0.3 is 4.74 Å². The fraction of sp³-hybridized carbons (Fsp3) is 0.300. The number of alkyl halides is 5. The van der Waals surface area contributed by atoms with Crippen molar-refractivity contribution >= 4 is 29.2 Å². The molecule has 0 saturated heterocycles. The third-order valence-corrected chi connectivity index (χ3v) is 2.51. The molecule has 1 rings (SSSR count). The number of hydrogen-bond donors (Lipinski definition) is 0. The molecule has 0 aliphatic heterocycles. The summed E-state index contributed by atoms with van der Waals surface area (Å²) in [6.07, 6.45) is -5.80. The number of esters is 1. The average Bonchev–Trinajstić information content (AvgIpc) is 2.28. The largest absolute Gasteiger partial charge is 0.456 e. The first-order chi connectivity index (χ1) is 8.54. The fourth-order valence-electron chi connectivity index (χ4n) is 0.970. The molecule has 0 spiro atoms. The molecule has 0 aromatic heterocycles. The monoisotopic (exact) mass is 322 g/mol. The minimum absolute atomic E-state index is 0.0546. The normalized spacial score (nSPS) is 12.4. The Morgan fingerprint density at radius 3 is 2.26 bits per heavy atom. The van der Waals surface area contributed by atoms with Gasteiger partial charge in [0.1, 0.15) is 0 Å². The first-order valence-electron chi connectivity index (χ1n) is 4.61. The van der Waals surface area contributed by atoms with E-state index in [-0.39, 0.29) is 10.0 Å². The van der Waals surface area contributed by atoms with Crippen LogP contribution >= 0.6 is 23.2 Å². The number of halogens is 7. The zero-order valence-corrected chi connectivity index (χ0v) is 10.4. The Bertz CT molecular complexity index is 487. The number of hydrogen-bond acceptors (Lipinski definition) is 2. The maximum Gasteiger partial charge on any atom is 0.456 e. The van der Waals surface area contributed by atoms with E-state index in [1.54, 1.807) is 0 Å². The average molecular weight is 323 g/mol. The summed E-state index contributed by atoms with van der Waals surface area (Å²) in [6, 6.07) is 3.49. The minimum Gasteiger partial charge on any atom is -0.455 e. The zero-order valence-electron chi connectivity index (χ0n) is 8.90. The number of benzene rings is 1. The van der Waals surface area contributed by atoms with Gasteiger partial charge in [-0.1, -0.05) is 23.2 Å². The van der Waals surface area contributed by atoms with Crippen molar-refractivity contribution in [1.82, 2.24) is 0 Å². The van der Waals surface area contributed by atoms with E-state index >= 15 is 0 Å². The summed E-state index contributed by atoms with van der Waals surface area (Å²) in [4.78, 5) is 11.3. The lowest BCUT2D eigenvalue weighted by atomic mass is 10.2. The highest BCUT2D eigenvalue weighted by atomic mass is 35.5. The molecule has 9 heteroatoms. The molecular weight excluding hydrogens is 318 g/mol. The number of carbonyl (C=O) groups is 1. The van der Waals surface area contributed by atoms with Crippen LogP contribution in [0.15, 0.2) is 18.2 Å². The lowest BCUT2D eigenvalue weighted by Crippen LogP contribution is -2.41. The maximum absolute atomic E-state index is 12.5. The van der Waals surface area contributed by atoms with Crippen LogP contribution in [0.5, 0.6) is 0 Å². The number of ether oxygens (including phenoxy) is 1. The van der Waals surface area contributed by atoms with Crippen molar-refractivity contribution in [2.75, 3.05) is 6.61 Å². The van der Waals surface area contributed by atoms with Crippen molar-refractivity contribution in [3.05, 3.63) is 33.8 Å². The van der Waals surface area contributed by atoms with E-state index < -0.39 is 30.2 Å². The van der Waals surface area contributed by atoms with Gasteiger partial charge >= 0.3 is 18.1 Å². The van der Waals surface area contributed by atoms with Crippen molar-refractivity contribution in [2.24, 2.45) is 0 Å². The third kappa shape index (κ3) is 3.94. The predicted molar refractivity (Wildman–Crippen MR) is 57.7 cm³/mol. The Kier molecular flexibility index (Phi) is 4.63. The van der Waals surface area contributed by atoms with Crippen molar-refractivity contribution < 1.29 is 31.5 Å². The predicted octanol–water partition coefficient (Wildman–Crippen LogP) is 4.35. The summed E-state index contributed by atoms with van der Waals surface area (Å²) in [7, 11) is 0. The standard InChI is InChI=1S/C10H5Cl2F5O2/c11-5-1-2-7(12)6(3-5)8(18)19-4-9(13,14)10(15,16)17/h1-3H,4H2. The van der Waals surface area contributed by atoms with Gasteiger partial charge in [-0.25, -0.2) is 4.79 Å². The van der Waals surface area contributed by atoms with Crippen LogP contribution < -0.4 is 0 Å². The summed E-state index contributed by atoms with van der Waals surface area (Å²) in [5, 5.41) is -0.122. The van der Waals surface area contributed by atoms with E-state index in [0.29, 0.717) is 0 Å². The third-order valence-electron chi connectivity index (χ3n) is 1.95. The smallest absolute Gasteiger partial charge is 0.455 e. The maximum atomic E-state index is 12.5. The Balaban J connectivity index is 2.79. The SMILES string of the molecule is O=C(OCC(F)(F)C(F)(F)F)c1cc(Cl)ccc1Cl. The molecule has 0 radical (unpaired) electrons. The lowest BCUT2D eigenvalue weighted by molar-refractivity contribution is -0.292. The van der Waals surface area contributed by atoms with Gasteiger partial charge in [0.2, 0.25) is 0 Å². The van der Waals surface area contributed by atoms with Crippen molar-refractivity contribution in [3.8, 4) is 0 Å². The van der Waals surface area contributed by atoms with E-state index in [0.717, 1.165) is 6.07 Å². The molecule has 0 fully saturated rings. The molecule has 0 atom stereocenters. The van der Waals surface area contributed by atoms with Crippen LogP contribution in [-0.4, -0.2) is 24.7 Å². The molecule has 0 aliphatic carbocycles. The molecule has 0 amide bonds. The van der Waals surface area contributed by atoms with Crippen LogP contribution in [0.3, 0.4) is 0 Å². The van der Waals surface area contributed by atoms with E-state index in [9.17, 15) is 26.7 Å². The Labute approximate surface area is 114 Å². The van der Waals surface area contributed by atoms with Gasteiger partial charge in [-0.3, -0.25) is 0 Å². The molecule has 1 aromatic rings. The molecule has 0 aliphatic rings. The fourth-order valence-corrected chi connectivity index (χ4v) is 1.34. The van der Waals surface area contributed by atoms with Crippen LogP contribution in [-0.2, 0) is 4.74 Å². The molecule has 2 nitrogen and oxygen atoms in total. The minimum atomic E-state index is -5.80. The highest BCUT2D eigenvalue weighted by molar-refractivity contribution is 6.35. The summed E-state index contributed by atoms with van der Waals surface area (Å²) in [5.74, 6) is -6.55. The highest BCUT2D eigenvalue weighted by Crippen LogP contribution is 2.35. The van der Waals surface area contributed by atoms with Gasteiger partial charge in [0.05, 0.1) is 10.6 Å². The van der Waals surface area contributed by atoms with Crippen LogP contribution in [0.25, 0.3) is 0 Å². The second-order valence-corrected chi connectivity index (χ2v) is 4.25. The van der Waals surface area contributed by atoms with Crippen molar-refractivity contribution in [1.29, 1.82) is 0 Å². The first kappa shape index (κ1) is 16.0. The Morgan fingerprint density at radius 2 is 1.74 bits per heavy atom. The molecule has 0 saturated carbocycles. The van der Waals surface area contributed by atoms with Crippen LogP contribution in [0.1, 0.15) is 10.4 Å². The number of carbonyl (C=O) groups excluding carboxylic acids is 1. The molecule has 0 bridgehead atoms. The van der Waals surface area contributed by atoms with E-state index in [1.807, 2.05) is 0 Å². The van der Waals surface area contributed by atoms with Crippen molar-refractivity contribution in [3.63, 3.8) is 0 Å². The van der Waals surface area contributed by atoms with Gasteiger partial charge in [-0.05, 0) is 18.2 Å². The van der Waals surface area contributed by atoms with Crippen LogP contribution in [0.4, 0.5) is 22.0 Å². The zero-order chi connectivity index (χ0) is 14.8. The molecule has 19 heavy (non-hydrogen) atoms. The first-order valence-corrected chi connectivity index (χ1v) is 5.37. The van der Waals surface area contributed by atoms with E-state index in [2.05, 4.69) is 4.74 Å². The summed E-state index contributed by atoms with van der Waals surface area (Å²) in [6.45, 7) is -2.13. The Morgan fingerprint density at radius 1 is 1.16 bits per heavy atom. The van der Waals surface area contributed by atoms with Gasteiger partial charge in [0.15, 0.2) is 6.61 Å². The van der Waals surface area contributed by atoms with Gasteiger partial charge in [-0.15, -0.1) is 0 Å². The molecule has 0 heterocycles. The second-order valence-electron chi connectivity index (χ2n) is 3.40. The van der Waals surface area contributed by atoms with E-state index in [4.69, 9.17) is 23.2 Å². The Hall–Kier alpha value is -1.08.